The second-order valence-corrected chi connectivity index (χ2v) is 6.15. The minimum Gasteiger partial charge on any atom is -0.333 e. The monoisotopic (exact) mass is 305 g/mol. The highest BCUT2D eigenvalue weighted by Gasteiger charge is 2.33. The van der Waals surface area contributed by atoms with Gasteiger partial charge in [0, 0.05) is 19.5 Å². The Kier molecular flexibility index (Phi) is 4.40. The minimum absolute atomic E-state index is 0.0141. The van der Waals surface area contributed by atoms with Crippen LogP contribution in [0, 0.1) is 6.92 Å². The molecule has 0 aliphatic carbocycles. The van der Waals surface area contributed by atoms with Crippen LogP contribution < -0.4 is 0 Å². The van der Waals surface area contributed by atoms with Crippen LogP contribution >= 0.6 is 0 Å². The van der Waals surface area contributed by atoms with Crippen molar-refractivity contribution in [3.05, 3.63) is 11.6 Å². The van der Waals surface area contributed by atoms with E-state index in [0.29, 0.717) is 18.8 Å². The average Bonchev–Trinajstić information content (AvgIpc) is 3.09. The van der Waals surface area contributed by atoms with Crippen molar-refractivity contribution in [3.63, 3.8) is 0 Å². The van der Waals surface area contributed by atoms with Gasteiger partial charge in [-0.1, -0.05) is 6.42 Å². The first-order valence-electron chi connectivity index (χ1n) is 8.11. The van der Waals surface area contributed by atoms with Gasteiger partial charge in [0.1, 0.15) is 5.82 Å². The van der Waals surface area contributed by atoms with Crippen LogP contribution in [-0.4, -0.2) is 56.4 Å². The number of carbonyl (C=O) groups is 2. The van der Waals surface area contributed by atoms with E-state index in [2.05, 4.69) is 15.2 Å². The Labute approximate surface area is 130 Å². The van der Waals surface area contributed by atoms with Gasteiger partial charge in [0.2, 0.25) is 11.8 Å². The smallest absolute Gasteiger partial charge is 0.242 e. The zero-order chi connectivity index (χ0) is 15.5. The van der Waals surface area contributed by atoms with E-state index in [9.17, 15) is 9.59 Å². The number of hydrogen-bond donors (Lipinski definition) is 1. The number of likely N-dealkylation sites (tertiary alicyclic amines) is 2. The molecule has 1 aromatic rings. The molecule has 1 atom stereocenters. The molecule has 0 radical (unpaired) electrons. The molecule has 0 spiro atoms. The second kappa shape index (κ2) is 6.46. The van der Waals surface area contributed by atoms with Crippen LogP contribution in [0.4, 0.5) is 0 Å². The fourth-order valence-corrected chi connectivity index (χ4v) is 3.30. The molecule has 22 heavy (non-hydrogen) atoms. The summed E-state index contributed by atoms with van der Waals surface area (Å²) in [4.78, 5) is 32.6. The first kappa shape index (κ1) is 15.0. The Balaban J connectivity index is 1.66. The van der Waals surface area contributed by atoms with Crippen molar-refractivity contribution in [2.24, 2.45) is 0 Å². The van der Waals surface area contributed by atoms with Crippen molar-refractivity contribution in [1.82, 2.24) is 25.0 Å². The van der Waals surface area contributed by atoms with Crippen LogP contribution in [-0.2, 0) is 9.59 Å². The van der Waals surface area contributed by atoms with Gasteiger partial charge in [0.25, 0.3) is 0 Å². The lowest BCUT2D eigenvalue weighted by Gasteiger charge is -2.27. The van der Waals surface area contributed by atoms with Gasteiger partial charge in [-0.15, -0.1) is 0 Å². The minimum atomic E-state index is -0.0560. The SMILES string of the molecule is Cc1nc([C@@H]2CCCN2C(=O)CN2CCCCCC2=O)n[nH]1. The average molecular weight is 305 g/mol. The first-order valence-corrected chi connectivity index (χ1v) is 8.11. The number of aromatic amines is 1. The van der Waals surface area contributed by atoms with Crippen LogP contribution in [0.2, 0.25) is 0 Å². The van der Waals surface area contributed by atoms with Gasteiger partial charge in [-0.05, 0) is 32.6 Å². The van der Waals surface area contributed by atoms with Gasteiger partial charge >= 0.3 is 0 Å². The summed E-state index contributed by atoms with van der Waals surface area (Å²) in [5, 5.41) is 7.03. The van der Waals surface area contributed by atoms with Gasteiger partial charge in [-0.3, -0.25) is 14.7 Å². The highest BCUT2D eigenvalue weighted by atomic mass is 16.2. The van der Waals surface area contributed by atoms with E-state index < -0.39 is 0 Å². The Hall–Kier alpha value is -1.92. The number of hydrogen-bond acceptors (Lipinski definition) is 4. The predicted molar refractivity (Wildman–Crippen MR) is 79.9 cm³/mol. The van der Waals surface area contributed by atoms with Gasteiger partial charge in [0.05, 0.1) is 12.6 Å². The summed E-state index contributed by atoms with van der Waals surface area (Å²) in [6, 6.07) is -0.0560. The summed E-state index contributed by atoms with van der Waals surface area (Å²) in [6.45, 7) is 3.47. The Morgan fingerprint density at radius 2 is 2.14 bits per heavy atom. The molecule has 2 aliphatic heterocycles. The molecule has 1 N–H and O–H groups in total. The molecule has 1 aromatic heterocycles. The summed E-state index contributed by atoms with van der Waals surface area (Å²) in [6.07, 6.45) is 5.40. The van der Waals surface area contributed by atoms with Gasteiger partial charge in [-0.25, -0.2) is 4.98 Å². The number of nitrogens with one attached hydrogen (secondary N) is 1. The normalized spacial score (nSPS) is 23.0. The predicted octanol–water partition coefficient (Wildman–Crippen LogP) is 1.18. The molecular formula is C15H23N5O2. The van der Waals surface area contributed by atoms with Crippen molar-refractivity contribution >= 4 is 11.8 Å². The van der Waals surface area contributed by atoms with Crippen LogP contribution in [0.1, 0.15) is 56.2 Å². The molecule has 7 heteroatoms. The van der Waals surface area contributed by atoms with Crippen LogP contribution in [0.25, 0.3) is 0 Å². The highest BCUT2D eigenvalue weighted by Crippen LogP contribution is 2.30. The number of carbonyl (C=O) groups excluding carboxylic acids is 2. The molecule has 2 fully saturated rings. The topological polar surface area (TPSA) is 82.2 Å². The van der Waals surface area contributed by atoms with Crippen LogP contribution in [0.15, 0.2) is 0 Å². The summed E-state index contributed by atoms with van der Waals surface area (Å²) >= 11 is 0. The maximum Gasteiger partial charge on any atom is 0.242 e. The molecule has 2 aliphatic rings. The van der Waals surface area contributed by atoms with Gasteiger partial charge < -0.3 is 9.80 Å². The van der Waals surface area contributed by atoms with Crippen molar-refractivity contribution in [2.45, 2.75) is 51.5 Å². The van der Waals surface area contributed by atoms with Crippen molar-refractivity contribution in [1.29, 1.82) is 0 Å². The lowest BCUT2D eigenvalue weighted by atomic mass is 10.2. The molecule has 2 amide bonds. The molecule has 7 nitrogen and oxygen atoms in total. The van der Waals surface area contributed by atoms with E-state index in [1.54, 1.807) is 4.90 Å². The molecular weight excluding hydrogens is 282 g/mol. The lowest BCUT2D eigenvalue weighted by Crippen LogP contribution is -2.42. The van der Waals surface area contributed by atoms with Crippen LogP contribution in [0.3, 0.4) is 0 Å². The molecule has 120 valence electrons. The lowest BCUT2D eigenvalue weighted by molar-refractivity contribution is -0.140. The fraction of sp³-hybridized carbons (Fsp3) is 0.733. The number of amides is 2. The number of aromatic nitrogens is 3. The van der Waals surface area contributed by atoms with Gasteiger partial charge in [0.15, 0.2) is 5.82 Å². The zero-order valence-corrected chi connectivity index (χ0v) is 13.0. The van der Waals surface area contributed by atoms with E-state index in [-0.39, 0.29) is 24.4 Å². The third-order valence-electron chi connectivity index (χ3n) is 4.48. The molecule has 0 bridgehead atoms. The van der Waals surface area contributed by atoms with Crippen molar-refractivity contribution in [2.75, 3.05) is 19.6 Å². The standard InChI is InChI=1S/C15H23N5O2/c1-11-16-15(18-17-11)12-6-5-9-20(12)14(22)10-19-8-4-2-3-7-13(19)21/h12H,2-10H2,1H3,(H,16,17,18)/t12-/m0/s1. The summed E-state index contributed by atoms with van der Waals surface area (Å²) in [5.41, 5.74) is 0. The maximum atomic E-state index is 12.6. The van der Waals surface area contributed by atoms with E-state index in [4.69, 9.17) is 0 Å². The molecule has 3 heterocycles. The Morgan fingerprint density at radius 1 is 1.27 bits per heavy atom. The summed E-state index contributed by atoms with van der Waals surface area (Å²) < 4.78 is 0. The van der Waals surface area contributed by atoms with Crippen molar-refractivity contribution in [3.8, 4) is 0 Å². The molecule has 0 saturated carbocycles. The van der Waals surface area contributed by atoms with E-state index in [0.717, 1.165) is 44.5 Å². The molecule has 0 aromatic carbocycles. The maximum absolute atomic E-state index is 12.6. The van der Waals surface area contributed by atoms with E-state index in [1.165, 1.54) is 0 Å². The van der Waals surface area contributed by atoms with E-state index >= 15 is 0 Å². The third kappa shape index (κ3) is 3.13. The molecule has 0 unspecified atom stereocenters. The highest BCUT2D eigenvalue weighted by molar-refractivity contribution is 5.85. The number of rotatable bonds is 3. The molecule has 3 rings (SSSR count). The fourth-order valence-electron chi connectivity index (χ4n) is 3.30. The largest absolute Gasteiger partial charge is 0.333 e. The summed E-state index contributed by atoms with van der Waals surface area (Å²) in [7, 11) is 0. The van der Waals surface area contributed by atoms with Crippen LogP contribution in [0.5, 0.6) is 0 Å². The quantitative estimate of drug-likeness (QED) is 0.909. The number of H-pyrrole nitrogens is 1. The van der Waals surface area contributed by atoms with Crippen molar-refractivity contribution < 1.29 is 9.59 Å². The molecule has 2 saturated heterocycles. The second-order valence-electron chi connectivity index (χ2n) is 6.15. The number of nitrogens with zero attached hydrogens (tertiary/aromatic N) is 4. The zero-order valence-electron chi connectivity index (χ0n) is 13.0. The number of aryl methyl sites for hydroxylation is 1. The first-order chi connectivity index (χ1) is 10.6. The summed E-state index contributed by atoms with van der Waals surface area (Å²) in [5.74, 6) is 1.57. The van der Waals surface area contributed by atoms with E-state index in [1.807, 2.05) is 11.8 Å². The van der Waals surface area contributed by atoms with Gasteiger partial charge in [-0.2, -0.15) is 5.10 Å². The third-order valence-corrected chi connectivity index (χ3v) is 4.48. The Morgan fingerprint density at radius 3 is 2.91 bits per heavy atom. The Bertz CT molecular complexity index is 556.